The van der Waals surface area contributed by atoms with Crippen molar-refractivity contribution < 1.29 is 45.5 Å². The van der Waals surface area contributed by atoms with E-state index in [1.54, 1.807) is 23.7 Å². The third-order valence-corrected chi connectivity index (χ3v) is 9.41. The first kappa shape index (κ1) is 39.2. The monoisotopic (exact) mass is 783 g/mol. The molecule has 53 heavy (non-hydrogen) atoms. The van der Waals surface area contributed by atoms with E-state index in [0.717, 1.165) is 78.4 Å². The van der Waals surface area contributed by atoms with Crippen LogP contribution in [0.4, 0.5) is 59.3 Å². The van der Waals surface area contributed by atoms with Crippen molar-refractivity contribution in [1.82, 2.24) is 19.9 Å². The summed E-state index contributed by atoms with van der Waals surface area (Å²) in [5, 5.41) is 13.0. The molecule has 0 atom stereocenters. The highest BCUT2D eigenvalue weighted by Gasteiger charge is 2.54. The van der Waals surface area contributed by atoms with Crippen LogP contribution < -0.4 is 20.7 Å². The summed E-state index contributed by atoms with van der Waals surface area (Å²) in [6.07, 6.45) is -1.80. The highest BCUT2D eigenvalue weighted by atomic mass is 35.5. The highest BCUT2D eigenvalue weighted by molar-refractivity contribution is 7.14. The van der Waals surface area contributed by atoms with Crippen molar-refractivity contribution in [1.29, 1.82) is 0 Å². The standard InChI is InChI=1S/C30H32ClN7O2S.C4F6O2/c1-19-12-27(41-18-19)36-30(39)38-9-6-20(7-10-38)8-11-40-26-5-4-23-14-22(26)3-2-21-13-24(16-32-15-21)35-29-33-17-25(31)28(34-23)37-29;5-3(6,7)1(11)2(12)4(8,9)10/h4-5,12-18,20H,2-3,6-11H2,1H3,(H,36,39)(H2,33,34,35,37);. The molecule has 5 heterocycles. The quantitative estimate of drug-likeness (QED) is 0.130. The number of anilines is 5. The number of aryl methyl sites for hydroxylation is 3. The molecule has 6 bridgehead atoms. The number of ether oxygens (including phenoxy) is 1. The smallest absolute Gasteiger partial charge is 0.458 e. The van der Waals surface area contributed by atoms with E-state index in [-0.39, 0.29) is 6.03 Å². The van der Waals surface area contributed by atoms with Crippen LogP contribution in [0.5, 0.6) is 5.75 Å². The average molecular weight is 784 g/mol. The van der Waals surface area contributed by atoms with Gasteiger partial charge >= 0.3 is 30.0 Å². The predicted molar refractivity (Wildman–Crippen MR) is 186 cm³/mol. The number of hydrogen-bond acceptors (Lipinski definition) is 10. The second-order valence-electron chi connectivity index (χ2n) is 12.2. The van der Waals surface area contributed by atoms with Gasteiger partial charge in [0.15, 0.2) is 5.82 Å². The van der Waals surface area contributed by atoms with Gasteiger partial charge in [-0.15, -0.1) is 11.3 Å². The number of carbonyl (C=O) groups excluding carboxylic acids is 3. The molecule has 0 aliphatic carbocycles. The van der Waals surface area contributed by atoms with Crippen LogP contribution in [-0.4, -0.2) is 69.5 Å². The van der Waals surface area contributed by atoms with Crippen LogP contribution >= 0.6 is 22.9 Å². The predicted octanol–water partition coefficient (Wildman–Crippen LogP) is 8.44. The number of hydrogen-bond donors (Lipinski definition) is 3. The Morgan fingerprint density at radius 3 is 2.34 bits per heavy atom. The Bertz CT molecular complexity index is 1930. The first-order valence-corrected chi connectivity index (χ1v) is 17.4. The lowest BCUT2D eigenvalue weighted by atomic mass is 9.94. The Balaban J connectivity index is 0.000000390. The number of rotatable bonds is 6. The Morgan fingerprint density at radius 2 is 1.68 bits per heavy atom. The van der Waals surface area contributed by atoms with Gasteiger partial charge in [0.2, 0.25) is 5.95 Å². The number of aromatic nitrogens is 3. The van der Waals surface area contributed by atoms with E-state index in [9.17, 15) is 40.7 Å². The minimum atomic E-state index is -5.77. The molecule has 1 aromatic carbocycles. The number of urea groups is 1. The van der Waals surface area contributed by atoms with Gasteiger partial charge < -0.3 is 20.3 Å². The van der Waals surface area contributed by atoms with Crippen molar-refractivity contribution in [3.63, 3.8) is 0 Å². The summed E-state index contributed by atoms with van der Waals surface area (Å²) in [5.74, 6) is -4.43. The van der Waals surface area contributed by atoms with Crippen LogP contribution in [-0.2, 0) is 22.4 Å². The first-order valence-electron chi connectivity index (χ1n) is 16.1. The van der Waals surface area contributed by atoms with Crippen LogP contribution in [0, 0.1) is 12.8 Å². The molecule has 2 aliphatic heterocycles. The molecule has 0 spiro atoms. The molecule has 0 radical (unpaired) electrons. The minimum absolute atomic E-state index is 0.00810. The fourth-order valence-electron chi connectivity index (χ4n) is 5.44. The van der Waals surface area contributed by atoms with E-state index in [1.807, 2.05) is 41.6 Å². The number of nitrogens with zero attached hydrogens (tertiary/aromatic N) is 4. The Labute approximate surface area is 308 Å². The fraction of sp³-hybridized carbons (Fsp3) is 0.353. The number of nitrogens with one attached hydrogen (secondary N) is 3. The number of piperidine rings is 1. The Kier molecular flexibility index (Phi) is 12.4. The number of pyridine rings is 1. The SMILES string of the molecule is Cc1csc(NC(=O)N2CCC(CCOc3ccc4cc3CCc3cncc(c3)Nc3ncc(Cl)c(n3)N4)CC2)c1.O=C(C(=O)C(F)(F)F)C(F)(F)F. The van der Waals surface area contributed by atoms with E-state index < -0.39 is 23.9 Å². The van der Waals surface area contributed by atoms with E-state index in [4.69, 9.17) is 16.3 Å². The van der Waals surface area contributed by atoms with Gasteiger partial charge in [0.25, 0.3) is 0 Å². The summed E-state index contributed by atoms with van der Waals surface area (Å²) >= 11 is 7.96. The van der Waals surface area contributed by atoms with Gasteiger partial charge in [-0.1, -0.05) is 11.6 Å². The average Bonchev–Trinajstić information content (AvgIpc) is 3.52. The molecular formula is C34H32ClF6N7O4S. The maximum atomic E-state index is 12.6. The zero-order valence-electron chi connectivity index (χ0n) is 27.9. The lowest BCUT2D eigenvalue weighted by molar-refractivity contribution is -0.193. The number of alkyl halides is 6. The van der Waals surface area contributed by atoms with Crippen LogP contribution in [0.1, 0.15) is 36.0 Å². The molecule has 1 fully saturated rings. The Hall–Kier alpha value is -4.97. The molecule has 2 amide bonds. The molecule has 6 rings (SSSR count). The van der Waals surface area contributed by atoms with E-state index in [2.05, 4.69) is 43.0 Å². The molecule has 4 aromatic rings. The molecule has 0 saturated carbocycles. The number of amides is 2. The molecule has 3 N–H and O–H groups in total. The third kappa shape index (κ3) is 11.0. The topological polar surface area (TPSA) is 138 Å². The number of halogens is 7. The largest absolute Gasteiger partial charge is 0.493 e. The number of carbonyl (C=O) groups is 3. The van der Waals surface area contributed by atoms with Crippen molar-refractivity contribution >= 4 is 68.7 Å². The lowest BCUT2D eigenvalue weighted by Crippen LogP contribution is -2.41. The van der Waals surface area contributed by atoms with Gasteiger partial charge in [0, 0.05) is 25.0 Å². The van der Waals surface area contributed by atoms with Crippen molar-refractivity contribution in [3.8, 4) is 5.75 Å². The van der Waals surface area contributed by atoms with Crippen molar-refractivity contribution in [2.45, 2.75) is 51.4 Å². The number of benzene rings is 1. The van der Waals surface area contributed by atoms with Crippen LogP contribution in [0.3, 0.4) is 0 Å². The summed E-state index contributed by atoms with van der Waals surface area (Å²) in [7, 11) is 0. The number of thiophene rings is 1. The second-order valence-corrected chi connectivity index (χ2v) is 13.5. The minimum Gasteiger partial charge on any atom is -0.493 e. The van der Waals surface area contributed by atoms with E-state index in [1.165, 1.54) is 5.56 Å². The van der Waals surface area contributed by atoms with Gasteiger partial charge in [0.1, 0.15) is 10.8 Å². The summed E-state index contributed by atoms with van der Waals surface area (Å²) in [6, 6.07) is 10.2. The van der Waals surface area contributed by atoms with Gasteiger partial charge in [-0.3, -0.25) is 19.9 Å². The number of ketones is 2. The summed E-state index contributed by atoms with van der Waals surface area (Å²) in [4.78, 5) is 47.0. The maximum Gasteiger partial charge on any atom is 0.458 e. The van der Waals surface area contributed by atoms with Crippen LogP contribution in [0.15, 0.2) is 54.3 Å². The van der Waals surface area contributed by atoms with Crippen LogP contribution in [0.25, 0.3) is 0 Å². The molecule has 3 aromatic heterocycles. The van der Waals surface area contributed by atoms with Gasteiger partial charge in [0.05, 0.1) is 29.7 Å². The molecule has 0 unspecified atom stereocenters. The second kappa shape index (κ2) is 16.8. The summed E-state index contributed by atoms with van der Waals surface area (Å²) in [6.45, 7) is 4.20. The van der Waals surface area contributed by atoms with Crippen molar-refractivity contribution in [2.24, 2.45) is 5.92 Å². The normalized spacial score (nSPS) is 14.5. The third-order valence-electron chi connectivity index (χ3n) is 8.17. The zero-order chi connectivity index (χ0) is 38.3. The molecule has 1 saturated heterocycles. The van der Waals surface area contributed by atoms with E-state index >= 15 is 0 Å². The van der Waals surface area contributed by atoms with E-state index in [0.29, 0.717) is 29.3 Å². The molecule has 282 valence electrons. The van der Waals surface area contributed by atoms with Crippen molar-refractivity contribution in [3.05, 3.63) is 76.0 Å². The highest BCUT2D eigenvalue weighted by Crippen LogP contribution is 2.31. The van der Waals surface area contributed by atoms with Gasteiger partial charge in [-0.2, -0.15) is 31.3 Å². The summed E-state index contributed by atoms with van der Waals surface area (Å²) in [5.41, 5.74) is 5.08. The molecule has 19 heteroatoms. The Morgan fingerprint density at radius 1 is 0.962 bits per heavy atom. The zero-order valence-corrected chi connectivity index (χ0v) is 29.5. The summed E-state index contributed by atoms with van der Waals surface area (Å²) < 4.78 is 73.3. The number of fused-ring (bicyclic) bond motifs is 6. The molecular weight excluding hydrogens is 752 g/mol. The first-order chi connectivity index (χ1) is 25.0. The molecule has 2 aliphatic rings. The molecule has 11 nitrogen and oxygen atoms in total. The van der Waals surface area contributed by atoms with Crippen molar-refractivity contribution in [2.75, 3.05) is 35.6 Å². The maximum absolute atomic E-state index is 12.6. The fourth-order valence-corrected chi connectivity index (χ4v) is 6.36. The lowest BCUT2D eigenvalue weighted by Gasteiger charge is -2.31. The number of likely N-dealkylation sites (tertiary alicyclic amines) is 1. The van der Waals surface area contributed by atoms with Gasteiger partial charge in [-0.05, 0) is 97.3 Å². The number of Topliss-reactive ketones (excluding diaryl/α,β-unsaturated/α-hetero) is 2. The van der Waals surface area contributed by atoms with Crippen LogP contribution in [0.2, 0.25) is 5.02 Å². The van der Waals surface area contributed by atoms with Gasteiger partial charge in [-0.25, -0.2) is 9.78 Å².